The number of halogens is 2. The zero-order chi connectivity index (χ0) is 14.8. The summed E-state index contributed by atoms with van der Waals surface area (Å²) >= 11 is 9.86. The molecule has 0 aliphatic heterocycles. The molecule has 0 spiro atoms. The molecule has 108 valence electrons. The van der Waals surface area contributed by atoms with Gasteiger partial charge in [0.2, 0.25) is 0 Å². The normalized spacial score (nSPS) is 11.2. The largest absolute Gasteiger partial charge is 0.249 e. The Bertz CT molecular complexity index is 784. The monoisotopic (exact) mass is 364 g/mol. The summed E-state index contributed by atoms with van der Waals surface area (Å²) in [7, 11) is 0. The maximum Gasteiger partial charge on any atom is 0.0864 e. The van der Waals surface area contributed by atoms with Crippen LogP contribution in [0.4, 0.5) is 0 Å². The van der Waals surface area contributed by atoms with Gasteiger partial charge in [0.25, 0.3) is 0 Å². The van der Waals surface area contributed by atoms with Crippen molar-refractivity contribution >= 4 is 38.4 Å². The SMILES string of the molecule is Cc1c(Cl)c(Cn2cc(CCBr)nn2)nc2ccccc12. The maximum atomic E-state index is 6.46. The molecule has 0 amide bonds. The first kappa shape index (κ1) is 14.5. The third-order valence-electron chi connectivity index (χ3n) is 3.39. The number of alkyl halides is 1. The number of benzene rings is 1. The summed E-state index contributed by atoms with van der Waals surface area (Å²) in [5.74, 6) is 0. The van der Waals surface area contributed by atoms with E-state index in [1.807, 2.05) is 37.4 Å². The van der Waals surface area contributed by atoms with E-state index in [0.29, 0.717) is 11.6 Å². The van der Waals surface area contributed by atoms with Crippen molar-refractivity contribution in [2.45, 2.75) is 19.9 Å². The number of hydrogen-bond acceptors (Lipinski definition) is 3. The molecule has 0 saturated heterocycles. The highest BCUT2D eigenvalue weighted by Crippen LogP contribution is 2.27. The molecule has 0 N–H and O–H groups in total. The Morgan fingerprint density at radius 1 is 1.29 bits per heavy atom. The van der Waals surface area contributed by atoms with Crippen LogP contribution in [0.1, 0.15) is 17.0 Å². The van der Waals surface area contributed by atoms with Gasteiger partial charge in [0, 0.05) is 23.3 Å². The lowest BCUT2D eigenvalue weighted by Crippen LogP contribution is -2.05. The van der Waals surface area contributed by atoms with Crippen molar-refractivity contribution < 1.29 is 0 Å². The van der Waals surface area contributed by atoms with Gasteiger partial charge in [0.05, 0.1) is 28.5 Å². The molecule has 0 atom stereocenters. The van der Waals surface area contributed by atoms with Gasteiger partial charge in [-0.15, -0.1) is 5.10 Å². The molecule has 1 aromatic carbocycles. The van der Waals surface area contributed by atoms with E-state index in [2.05, 4.69) is 31.2 Å². The summed E-state index contributed by atoms with van der Waals surface area (Å²) in [4.78, 5) is 4.66. The van der Waals surface area contributed by atoms with Crippen LogP contribution in [-0.4, -0.2) is 25.3 Å². The summed E-state index contributed by atoms with van der Waals surface area (Å²) < 4.78 is 1.78. The average molecular weight is 366 g/mol. The van der Waals surface area contributed by atoms with Crippen LogP contribution in [0.3, 0.4) is 0 Å². The molecule has 0 unspecified atom stereocenters. The van der Waals surface area contributed by atoms with Gasteiger partial charge >= 0.3 is 0 Å². The lowest BCUT2D eigenvalue weighted by atomic mass is 10.1. The number of aromatic nitrogens is 4. The van der Waals surface area contributed by atoms with Gasteiger partial charge in [-0.25, -0.2) is 9.67 Å². The van der Waals surface area contributed by atoms with Crippen LogP contribution in [0.5, 0.6) is 0 Å². The van der Waals surface area contributed by atoms with Crippen molar-refractivity contribution in [2.75, 3.05) is 5.33 Å². The van der Waals surface area contributed by atoms with E-state index < -0.39 is 0 Å². The summed E-state index contributed by atoms with van der Waals surface area (Å²) in [5.41, 5.74) is 3.79. The van der Waals surface area contributed by atoms with E-state index in [4.69, 9.17) is 11.6 Å². The average Bonchev–Trinajstić information content (AvgIpc) is 2.92. The van der Waals surface area contributed by atoms with Crippen molar-refractivity contribution in [2.24, 2.45) is 0 Å². The van der Waals surface area contributed by atoms with E-state index >= 15 is 0 Å². The van der Waals surface area contributed by atoms with Crippen LogP contribution in [0.2, 0.25) is 5.02 Å². The Morgan fingerprint density at radius 3 is 2.90 bits per heavy atom. The van der Waals surface area contributed by atoms with Gasteiger partial charge in [0.1, 0.15) is 0 Å². The van der Waals surface area contributed by atoms with Gasteiger partial charge in [-0.05, 0) is 18.6 Å². The number of aryl methyl sites for hydroxylation is 2. The quantitative estimate of drug-likeness (QED) is 0.661. The minimum Gasteiger partial charge on any atom is -0.249 e. The fourth-order valence-electron chi connectivity index (χ4n) is 2.30. The second-order valence-electron chi connectivity index (χ2n) is 4.86. The van der Waals surface area contributed by atoms with Crippen LogP contribution in [0, 0.1) is 6.92 Å². The van der Waals surface area contributed by atoms with Crippen molar-refractivity contribution in [1.82, 2.24) is 20.0 Å². The van der Waals surface area contributed by atoms with Crippen molar-refractivity contribution in [3.8, 4) is 0 Å². The Labute approximate surface area is 136 Å². The summed E-state index contributed by atoms with van der Waals surface area (Å²) in [6, 6.07) is 8.02. The molecule has 0 radical (unpaired) electrons. The lowest BCUT2D eigenvalue weighted by molar-refractivity contribution is 0.639. The fraction of sp³-hybridized carbons (Fsp3) is 0.267. The molecule has 2 aromatic heterocycles. The number of hydrogen-bond donors (Lipinski definition) is 0. The Hall–Kier alpha value is -1.46. The first-order chi connectivity index (χ1) is 10.2. The van der Waals surface area contributed by atoms with E-state index in [1.165, 1.54) is 0 Å². The zero-order valence-electron chi connectivity index (χ0n) is 11.6. The van der Waals surface area contributed by atoms with Gasteiger partial charge in [-0.3, -0.25) is 0 Å². The minimum atomic E-state index is 0.528. The molecule has 0 saturated carbocycles. The van der Waals surface area contributed by atoms with Crippen molar-refractivity contribution in [1.29, 1.82) is 0 Å². The third-order valence-corrected chi connectivity index (χ3v) is 4.29. The number of nitrogens with zero attached hydrogens (tertiary/aromatic N) is 4. The summed E-state index contributed by atoms with van der Waals surface area (Å²) in [6.45, 7) is 2.55. The standard InChI is InChI=1S/C15H14BrClN4/c1-10-12-4-2-3-5-13(12)18-14(15(10)17)9-21-8-11(6-7-16)19-20-21/h2-5,8H,6-7,9H2,1H3. The Kier molecular flexibility index (Phi) is 4.22. The Balaban J connectivity index is 1.97. The van der Waals surface area contributed by atoms with Crippen LogP contribution < -0.4 is 0 Å². The molecule has 3 rings (SSSR count). The predicted octanol–water partition coefficient (Wildman–Crippen LogP) is 3.77. The van der Waals surface area contributed by atoms with Gasteiger partial charge in [-0.2, -0.15) is 0 Å². The molecule has 21 heavy (non-hydrogen) atoms. The predicted molar refractivity (Wildman–Crippen MR) is 88.1 cm³/mol. The highest BCUT2D eigenvalue weighted by molar-refractivity contribution is 9.09. The first-order valence-electron chi connectivity index (χ1n) is 6.67. The van der Waals surface area contributed by atoms with Crippen LogP contribution >= 0.6 is 27.5 Å². The summed E-state index contributed by atoms with van der Waals surface area (Å²) in [5, 5.41) is 10.9. The van der Waals surface area contributed by atoms with Crippen LogP contribution in [0.25, 0.3) is 10.9 Å². The second-order valence-corrected chi connectivity index (χ2v) is 6.03. The van der Waals surface area contributed by atoms with Crippen molar-refractivity contribution in [3.63, 3.8) is 0 Å². The molecule has 4 nitrogen and oxygen atoms in total. The number of fused-ring (bicyclic) bond motifs is 1. The molecular formula is C15H14BrClN4. The topological polar surface area (TPSA) is 43.6 Å². The smallest absolute Gasteiger partial charge is 0.0864 e. The molecule has 6 heteroatoms. The Morgan fingerprint density at radius 2 is 2.10 bits per heavy atom. The molecular weight excluding hydrogens is 352 g/mol. The van der Waals surface area contributed by atoms with E-state index in [1.54, 1.807) is 4.68 Å². The van der Waals surface area contributed by atoms with Crippen LogP contribution in [-0.2, 0) is 13.0 Å². The fourth-order valence-corrected chi connectivity index (χ4v) is 2.91. The molecule has 3 aromatic rings. The third kappa shape index (κ3) is 2.94. The van der Waals surface area contributed by atoms with Gasteiger partial charge in [-0.1, -0.05) is 50.9 Å². The summed E-state index contributed by atoms with van der Waals surface area (Å²) in [6.07, 6.45) is 2.79. The van der Waals surface area contributed by atoms with E-state index in [9.17, 15) is 0 Å². The number of pyridine rings is 1. The maximum absolute atomic E-state index is 6.46. The molecule has 2 heterocycles. The number of rotatable bonds is 4. The lowest BCUT2D eigenvalue weighted by Gasteiger charge is -2.09. The highest BCUT2D eigenvalue weighted by atomic mass is 79.9. The molecule has 0 bridgehead atoms. The zero-order valence-corrected chi connectivity index (χ0v) is 13.9. The van der Waals surface area contributed by atoms with Crippen molar-refractivity contribution in [3.05, 3.63) is 52.4 Å². The van der Waals surface area contributed by atoms with Gasteiger partial charge in [0.15, 0.2) is 0 Å². The molecule has 0 fully saturated rings. The van der Waals surface area contributed by atoms with E-state index in [-0.39, 0.29) is 0 Å². The molecule has 0 aliphatic rings. The van der Waals surface area contributed by atoms with E-state index in [0.717, 1.165) is 39.6 Å². The minimum absolute atomic E-state index is 0.528. The van der Waals surface area contributed by atoms with Gasteiger partial charge < -0.3 is 0 Å². The first-order valence-corrected chi connectivity index (χ1v) is 8.17. The second kappa shape index (κ2) is 6.12. The number of para-hydroxylation sites is 1. The highest BCUT2D eigenvalue weighted by Gasteiger charge is 2.11. The van der Waals surface area contributed by atoms with Crippen LogP contribution in [0.15, 0.2) is 30.5 Å². The molecule has 0 aliphatic carbocycles.